The van der Waals surface area contributed by atoms with Crippen LogP contribution in [0.4, 0.5) is 6.01 Å². The average Bonchev–Trinajstić information content (AvgIpc) is 2.99. The quantitative estimate of drug-likeness (QED) is 0.725. The predicted octanol–water partition coefficient (Wildman–Crippen LogP) is 4.21. The zero-order valence-corrected chi connectivity index (χ0v) is 12.1. The summed E-state index contributed by atoms with van der Waals surface area (Å²) in [5.74, 6) is 1.13. The highest BCUT2D eigenvalue weighted by atomic mass is 35.5. The fraction of sp³-hybridized carbons (Fsp3) is 0.786. The molecule has 4 heteroatoms. The smallest absolute Gasteiger partial charge is 0.297 e. The van der Waals surface area contributed by atoms with Crippen molar-refractivity contribution in [2.45, 2.75) is 57.9 Å². The molecular formula is C14H23ClN2O. The van der Waals surface area contributed by atoms with E-state index >= 15 is 0 Å². The molecule has 0 amide bonds. The maximum Gasteiger partial charge on any atom is 0.297 e. The van der Waals surface area contributed by atoms with Crippen LogP contribution in [0.3, 0.4) is 0 Å². The number of oxazole rings is 1. The van der Waals surface area contributed by atoms with Crippen molar-refractivity contribution >= 4 is 17.6 Å². The zero-order chi connectivity index (χ0) is 13.0. The topological polar surface area (TPSA) is 29.3 Å². The molecule has 102 valence electrons. The molecule has 0 bridgehead atoms. The SMILES string of the molecule is CC(C)CCN(c1nc(CCl)co1)C1CCCC1. The Morgan fingerprint density at radius 1 is 1.44 bits per heavy atom. The van der Waals surface area contributed by atoms with Crippen molar-refractivity contribution in [3.05, 3.63) is 12.0 Å². The van der Waals surface area contributed by atoms with Crippen molar-refractivity contribution in [2.24, 2.45) is 5.92 Å². The lowest BCUT2D eigenvalue weighted by Gasteiger charge is -2.28. The van der Waals surface area contributed by atoms with Crippen LogP contribution in [0.25, 0.3) is 0 Å². The number of anilines is 1. The number of rotatable bonds is 6. The Kier molecular flexibility index (Phi) is 4.93. The average molecular weight is 271 g/mol. The van der Waals surface area contributed by atoms with Gasteiger partial charge < -0.3 is 9.32 Å². The summed E-state index contributed by atoms with van der Waals surface area (Å²) in [5.41, 5.74) is 0.833. The van der Waals surface area contributed by atoms with Crippen LogP contribution in [-0.2, 0) is 5.88 Å². The molecule has 0 unspecified atom stereocenters. The van der Waals surface area contributed by atoms with Crippen molar-refractivity contribution in [2.75, 3.05) is 11.4 Å². The first-order chi connectivity index (χ1) is 8.70. The molecule has 3 nitrogen and oxygen atoms in total. The molecule has 1 aromatic rings. The molecule has 1 saturated carbocycles. The minimum atomic E-state index is 0.423. The fourth-order valence-electron chi connectivity index (χ4n) is 2.54. The molecule has 18 heavy (non-hydrogen) atoms. The normalized spacial score (nSPS) is 16.7. The third-order valence-corrected chi connectivity index (χ3v) is 3.91. The van der Waals surface area contributed by atoms with E-state index in [0.717, 1.165) is 18.3 Å². The van der Waals surface area contributed by atoms with E-state index < -0.39 is 0 Å². The number of nitrogens with zero attached hydrogens (tertiary/aromatic N) is 2. The van der Waals surface area contributed by atoms with Gasteiger partial charge in [0.05, 0.1) is 11.6 Å². The van der Waals surface area contributed by atoms with Gasteiger partial charge in [-0.25, -0.2) is 0 Å². The number of alkyl halides is 1. The van der Waals surface area contributed by atoms with E-state index in [1.165, 1.54) is 32.1 Å². The predicted molar refractivity (Wildman–Crippen MR) is 75.1 cm³/mol. The van der Waals surface area contributed by atoms with Crippen molar-refractivity contribution in [3.63, 3.8) is 0 Å². The van der Waals surface area contributed by atoms with E-state index in [-0.39, 0.29) is 0 Å². The number of hydrogen-bond acceptors (Lipinski definition) is 3. The first-order valence-electron chi connectivity index (χ1n) is 6.97. The van der Waals surface area contributed by atoms with Crippen LogP contribution >= 0.6 is 11.6 Å². The van der Waals surface area contributed by atoms with Crippen LogP contribution in [-0.4, -0.2) is 17.6 Å². The molecule has 1 aliphatic carbocycles. The fourth-order valence-corrected chi connectivity index (χ4v) is 2.66. The third kappa shape index (κ3) is 3.41. The van der Waals surface area contributed by atoms with Crippen molar-refractivity contribution < 1.29 is 4.42 Å². The largest absolute Gasteiger partial charge is 0.432 e. The third-order valence-electron chi connectivity index (χ3n) is 3.64. The molecule has 0 aromatic carbocycles. The summed E-state index contributed by atoms with van der Waals surface area (Å²) in [6.45, 7) is 5.55. The minimum absolute atomic E-state index is 0.423. The molecule has 1 heterocycles. The van der Waals surface area contributed by atoms with Gasteiger partial charge in [-0.2, -0.15) is 4.98 Å². The molecule has 1 aromatic heterocycles. The molecule has 0 N–H and O–H groups in total. The van der Waals surface area contributed by atoms with Crippen LogP contribution in [0.5, 0.6) is 0 Å². The molecule has 1 aliphatic rings. The van der Waals surface area contributed by atoms with Gasteiger partial charge in [0.15, 0.2) is 0 Å². The number of hydrogen-bond donors (Lipinski definition) is 0. The monoisotopic (exact) mass is 270 g/mol. The Morgan fingerprint density at radius 3 is 2.72 bits per heavy atom. The first-order valence-corrected chi connectivity index (χ1v) is 7.51. The van der Waals surface area contributed by atoms with E-state index in [1.807, 2.05) is 0 Å². The minimum Gasteiger partial charge on any atom is -0.432 e. The van der Waals surface area contributed by atoms with E-state index in [2.05, 4.69) is 23.7 Å². The van der Waals surface area contributed by atoms with Gasteiger partial charge in [-0.05, 0) is 25.2 Å². The molecular weight excluding hydrogens is 248 g/mol. The lowest BCUT2D eigenvalue weighted by atomic mass is 10.1. The lowest BCUT2D eigenvalue weighted by molar-refractivity contribution is 0.466. The highest BCUT2D eigenvalue weighted by Crippen LogP contribution is 2.28. The standard InChI is InChI=1S/C14H23ClN2O/c1-11(2)7-8-17(13-5-3-4-6-13)14-16-12(9-15)10-18-14/h10-11,13H,3-9H2,1-2H3. The Morgan fingerprint density at radius 2 is 2.17 bits per heavy atom. The summed E-state index contributed by atoms with van der Waals surface area (Å²) in [6, 6.07) is 1.36. The Bertz CT molecular complexity index is 358. The Hall–Kier alpha value is -0.700. The summed E-state index contributed by atoms with van der Waals surface area (Å²) in [5, 5.41) is 0. The Balaban J connectivity index is 2.07. The Labute approximate surface area is 115 Å². The van der Waals surface area contributed by atoms with Gasteiger partial charge in [-0.1, -0.05) is 26.7 Å². The molecule has 0 spiro atoms. The van der Waals surface area contributed by atoms with Crippen LogP contribution < -0.4 is 4.90 Å². The molecule has 0 aliphatic heterocycles. The second-order valence-electron chi connectivity index (χ2n) is 5.57. The molecule has 0 atom stereocenters. The van der Waals surface area contributed by atoms with E-state index in [0.29, 0.717) is 17.8 Å². The molecule has 2 rings (SSSR count). The van der Waals surface area contributed by atoms with Crippen molar-refractivity contribution in [1.82, 2.24) is 4.98 Å². The van der Waals surface area contributed by atoms with E-state index in [1.54, 1.807) is 6.26 Å². The van der Waals surface area contributed by atoms with Crippen LogP contribution in [0.2, 0.25) is 0 Å². The second kappa shape index (κ2) is 6.46. The van der Waals surface area contributed by atoms with Gasteiger partial charge in [0.25, 0.3) is 6.01 Å². The summed E-state index contributed by atoms with van der Waals surface area (Å²) in [7, 11) is 0. The van der Waals surface area contributed by atoms with Gasteiger partial charge in [-0.3, -0.25) is 0 Å². The van der Waals surface area contributed by atoms with Crippen LogP contribution in [0.1, 0.15) is 51.6 Å². The maximum absolute atomic E-state index is 5.79. The maximum atomic E-state index is 5.79. The number of aromatic nitrogens is 1. The number of halogens is 1. The van der Waals surface area contributed by atoms with E-state index in [9.17, 15) is 0 Å². The van der Waals surface area contributed by atoms with Crippen LogP contribution in [0.15, 0.2) is 10.7 Å². The summed E-state index contributed by atoms with van der Waals surface area (Å²) in [6.07, 6.45) is 8.03. The van der Waals surface area contributed by atoms with Crippen molar-refractivity contribution in [3.8, 4) is 0 Å². The van der Waals surface area contributed by atoms with Crippen LogP contribution in [0, 0.1) is 5.92 Å². The lowest BCUT2D eigenvalue weighted by Crippen LogP contribution is -2.35. The summed E-state index contributed by atoms with van der Waals surface area (Å²) < 4.78 is 5.59. The zero-order valence-electron chi connectivity index (χ0n) is 11.4. The van der Waals surface area contributed by atoms with Gasteiger partial charge in [0, 0.05) is 12.6 Å². The summed E-state index contributed by atoms with van der Waals surface area (Å²) in [4.78, 5) is 6.83. The molecule has 0 saturated heterocycles. The molecule has 0 radical (unpaired) electrons. The van der Waals surface area contributed by atoms with E-state index in [4.69, 9.17) is 16.0 Å². The second-order valence-corrected chi connectivity index (χ2v) is 5.84. The van der Waals surface area contributed by atoms with Gasteiger partial charge in [0.1, 0.15) is 6.26 Å². The van der Waals surface area contributed by atoms with Gasteiger partial charge >= 0.3 is 0 Å². The first kappa shape index (κ1) is 13.7. The molecule has 1 fully saturated rings. The highest BCUT2D eigenvalue weighted by Gasteiger charge is 2.25. The van der Waals surface area contributed by atoms with Gasteiger partial charge in [-0.15, -0.1) is 11.6 Å². The highest BCUT2D eigenvalue weighted by molar-refractivity contribution is 6.16. The van der Waals surface area contributed by atoms with Crippen molar-refractivity contribution in [1.29, 1.82) is 0 Å². The summed E-state index contributed by atoms with van der Waals surface area (Å²) >= 11 is 5.79. The van der Waals surface area contributed by atoms with Gasteiger partial charge in [0.2, 0.25) is 0 Å².